The maximum absolute atomic E-state index is 12.0. The van der Waals surface area contributed by atoms with Crippen LogP contribution < -0.4 is 10.6 Å². The molecule has 1 aliphatic heterocycles. The first kappa shape index (κ1) is 14.4. The number of carbonyl (C=O) groups excluding carboxylic acids is 2. The van der Waals surface area contributed by atoms with Gasteiger partial charge in [0.25, 0.3) is 0 Å². The molecule has 1 saturated heterocycles. The lowest BCUT2D eigenvalue weighted by molar-refractivity contribution is -0.120. The number of amides is 2. The second-order valence-electron chi connectivity index (χ2n) is 4.90. The van der Waals surface area contributed by atoms with Crippen LogP contribution in [0.3, 0.4) is 0 Å². The molecule has 108 valence electrons. The van der Waals surface area contributed by atoms with Crippen LogP contribution in [0.15, 0.2) is 24.3 Å². The van der Waals surface area contributed by atoms with E-state index < -0.39 is 0 Å². The van der Waals surface area contributed by atoms with Gasteiger partial charge in [0.05, 0.1) is 6.54 Å². The Morgan fingerprint density at radius 3 is 2.50 bits per heavy atom. The molecule has 0 spiro atoms. The van der Waals surface area contributed by atoms with E-state index in [1.54, 1.807) is 0 Å². The Morgan fingerprint density at radius 1 is 1.35 bits per heavy atom. The van der Waals surface area contributed by atoms with Crippen LogP contribution in [0.1, 0.15) is 38.4 Å². The molecule has 0 saturated carbocycles. The molecule has 5 nitrogen and oxygen atoms in total. The van der Waals surface area contributed by atoms with E-state index in [-0.39, 0.29) is 24.0 Å². The van der Waals surface area contributed by atoms with Crippen molar-refractivity contribution < 1.29 is 14.3 Å². The topological polar surface area (TPSA) is 67.4 Å². The van der Waals surface area contributed by atoms with Crippen LogP contribution >= 0.6 is 0 Å². The summed E-state index contributed by atoms with van der Waals surface area (Å²) < 4.78 is 5.10. The van der Waals surface area contributed by atoms with Gasteiger partial charge in [0.15, 0.2) is 0 Å². The number of ether oxygens (including phenoxy) is 1. The molecule has 1 aromatic carbocycles. The van der Waals surface area contributed by atoms with E-state index in [2.05, 4.69) is 10.6 Å². The number of benzene rings is 1. The van der Waals surface area contributed by atoms with E-state index in [4.69, 9.17) is 4.74 Å². The van der Waals surface area contributed by atoms with Gasteiger partial charge in [0.1, 0.15) is 6.10 Å². The summed E-state index contributed by atoms with van der Waals surface area (Å²) in [7, 11) is 0. The van der Waals surface area contributed by atoms with E-state index in [0.717, 1.165) is 24.1 Å². The zero-order valence-corrected chi connectivity index (χ0v) is 11.8. The summed E-state index contributed by atoms with van der Waals surface area (Å²) in [6.45, 7) is 4.51. The van der Waals surface area contributed by atoms with Gasteiger partial charge in [-0.3, -0.25) is 4.79 Å². The zero-order chi connectivity index (χ0) is 14.5. The van der Waals surface area contributed by atoms with Crippen LogP contribution in [0.25, 0.3) is 0 Å². The third-order valence-corrected chi connectivity index (χ3v) is 3.59. The number of hydrogen-bond donors (Lipinski definition) is 2. The van der Waals surface area contributed by atoms with Gasteiger partial charge in [-0.05, 0) is 30.5 Å². The van der Waals surface area contributed by atoms with Gasteiger partial charge in [-0.15, -0.1) is 0 Å². The molecule has 20 heavy (non-hydrogen) atoms. The molecule has 2 rings (SSSR count). The molecule has 1 unspecified atom stereocenters. The lowest BCUT2D eigenvalue weighted by atomic mass is 10.0. The van der Waals surface area contributed by atoms with Gasteiger partial charge in [0, 0.05) is 11.6 Å². The van der Waals surface area contributed by atoms with Crippen molar-refractivity contribution in [3.8, 4) is 0 Å². The van der Waals surface area contributed by atoms with Crippen LogP contribution in [0, 0.1) is 5.92 Å². The van der Waals surface area contributed by atoms with E-state index in [1.165, 1.54) is 0 Å². The van der Waals surface area contributed by atoms with E-state index in [1.807, 2.05) is 38.1 Å². The smallest absolute Gasteiger partial charge is 0.407 e. The van der Waals surface area contributed by atoms with E-state index in [9.17, 15) is 9.59 Å². The van der Waals surface area contributed by atoms with Gasteiger partial charge < -0.3 is 15.4 Å². The third-order valence-electron chi connectivity index (χ3n) is 3.59. The Bertz CT molecular complexity index is 480. The molecule has 1 aliphatic rings. The average Bonchev–Trinajstić information content (AvgIpc) is 2.87. The van der Waals surface area contributed by atoms with Gasteiger partial charge in [-0.2, -0.15) is 0 Å². The first-order valence-corrected chi connectivity index (χ1v) is 6.99. The summed E-state index contributed by atoms with van der Waals surface area (Å²) in [5.74, 6) is 0.103. The highest BCUT2D eigenvalue weighted by atomic mass is 16.6. The highest BCUT2D eigenvalue weighted by Gasteiger charge is 2.24. The fraction of sp³-hybridized carbons (Fsp3) is 0.467. The average molecular weight is 276 g/mol. The maximum Gasteiger partial charge on any atom is 0.407 e. The number of alkyl carbamates (subject to hydrolysis) is 1. The summed E-state index contributed by atoms with van der Waals surface area (Å²) in [5, 5.41) is 5.52. The van der Waals surface area contributed by atoms with Crippen molar-refractivity contribution in [2.45, 2.75) is 32.8 Å². The van der Waals surface area contributed by atoms with Gasteiger partial charge in [-0.1, -0.05) is 26.0 Å². The van der Waals surface area contributed by atoms with Crippen molar-refractivity contribution in [3.63, 3.8) is 0 Å². The highest BCUT2D eigenvalue weighted by molar-refractivity contribution is 5.92. The van der Waals surface area contributed by atoms with Crippen LogP contribution in [-0.2, 0) is 9.53 Å². The minimum absolute atomic E-state index is 0.0506. The fourth-order valence-electron chi connectivity index (χ4n) is 2.26. The lowest BCUT2D eigenvalue weighted by Crippen LogP contribution is -2.21. The quantitative estimate of drug-likeness (QED) is 0.869. The Balaban J connectivity index is 1.98. The minimum Gasteiger partial charge on any atom is -0.439 e. The van der Waals surface area contributed by atoms with Crippen LogP contribution in [0.5, 0.6) is 0 Å². The first-order valence-electron chi connectivity index (χ1n) is 6.99. The molecular weight excluding hydrogens is 256 g/mol. The van der Waals surface area contributed by atoms with E-state index in [0.29, 0.717) is 6.54 Å². The molecule has 1 fully saturated rings. The molecule has 0 bridgehead atoms. The number of anilines is 1. The highest BCUT2D eigenvalue weighted by Crippen LogP contribution is 2.22. The maximum atomic E-state index is 12.0. The second kappa shape index (κ2) is 6.41. The Hall–Kier alpha value is -2.04. The molecule has 2 amide bonds. The molecular formula is C15H20N2O3. The van der Waals surface area contributed by atoms with Crippen LogP contribution in [-0.4, -0.2) is 18.5 Å². The predicted octanol–water partition coefficient (Wildman–Crippen LogP) is 2.84. The summed E-state index contributed by atoms with van der Waals surface area (Å²) in [5.41, 5.74) is 1.69. The number of hydrogen-bond acceptors (Lipinski definition) is 3. The molecule has 0 aliphatic carbocycles. The van der Waals surface area contributed by atoms with E-state index >= 15 is 0 Å². The standard InChI is InChI=1S/C15H20N2O3/c1-3-10(4-2)14(18)17-12-7-5-11(6-8-12)13-9-16-15(19)20-13/h5-8,10,13H,3-4,9H2,1-2H3,(H,16,19)(H,17,18). The monoisotopic (exact) mass is 276 g/mol. The number of carbonyl (C=O) groups is 2. The summed E-state index contributed by atoms with van der Waals surface area (Å²) >= 11 is 0. The van der Waals surface area contributed by atoms with Crippen molar-refractivity contribution in [1.29, 1.82) is 0 Å². The SMILES string of the molecule is CCC(CC)C(=O)Nc1ccc(C2CNC(=O)O2)cc1. The Kier molecular flexibility index (Phi) is 4.61. The number of nitrogens with one attached hydrogen (secondary N) is 2. The van der Waals surface area contributed by atoms with Crippen LogP contribution in [0.4, 0.5) is 10.5 Å². The lowest BCUT2D eigenvalue weighted by Gasteiger charge is -2.13. The van der Waals surface area contributed by atoms with Gasteiger partial charge >= 0.3 is 6.09 Å². The predicted molar refractivity (Wildman–Crippen MR) is 76.4 cm³/mol. The molecule has 1 atom stereocenters. The number of rotatable bonds is 5. The Labute approximate surface area is 118 Å². The van der Waals surface area contributed by atoms with Crippen LogP contribution in [0.2, 0.25) is 0 Å². The summed E-state index contributed by atoms with van der Waals surface area (Å²) in [4.78, 5) is 23.0. The molecule has 0 radical (unpaired) electrons. The number of cyclic esters (lactones) is 1. The van der Waals surface area contributed by atoms with Gasteiger partial charge in [-0.25, -0.2) is 4.79 Å². The molecule has 1 heterocycles. The van der Waals surface area contributed by atoms with Gasteiger partial charge in [0.2, 0.25) is 5.91 Å². The zero-order valence-electron chi connectivity index (χ0n) is 11.8. The van der Waals surface area contributed by atoms with Crippen molar-refractivity contribution in [2.75, 3.05) is 11.9 Å². The molecule has 1 aromatic rings. The summed E-state index contributed by atoms with van der Waals surface area (Å²) in [6.07, 6.45) is 1.04. The molecule has 5 heteroatoms. The molecule has 0 aromatic heterocycles. The minimum atomic E-state index is -0.388. The fourth-order valence-corrected chi connectivity index (χ4v) is 2.26. The normalized spacial score (nSPS) is 17.8. The Morgan fingerprint density at radius 2 is 2.00 bits per heavy atom. The van der Waals surface area contributed by atoms with Crippen molar-refractivity contribution in [2.24, 2.45) is 5.92 Å². The van der Waals surface area contributed by atoms with Crippen molar-refractivity contribution in [1.82, 2.24) is 5.32 Å². The van der Waals surface area contributed by atoms with Crippen molar-refractivity contribution in [3.05, 3.63) is 29.8 Å². The first-order chi connectivity index (χ1) is 9.63. The summed E-state index contributed by atoms with van der Waals surface area (Å²) in [6, 6.07) is 7.41. The largest absolute Gasteiger partial charge is 0.439 e. The third kappa shape index (κ3) is 3.29. The molecule has 2 N–H and O–H groups in total. The second-order valence-corrected chi connectivity index (χ2v) is 4.90. The van der Waals surface area contributed by atoms with Crippen molar-refractivity contribution >= 4 is 17.7 Å².